The standard InChI is InChI=1S/C52H69FN10O6/c1-51(2,3)68-49(66)54-30-46(65)62-26-11-13-42(62)47-55-36-18-15-32(27-38(36)56-47)39-21-22-40(63(39)34-17-20-41(35(53)29-34)60-23-9-8-10-24-60)33-16-19-37-44(28-33)59(7)48(57-37)43-14-12-25-61(43)45(31-64)58-50(67)69-52(4,5)6/h15-20,27-29,31,39-40,42-43,45,48,57H,8-14,21-26,30H2,1-7H3,(H,54,66)(H,55,56)(H,58,67)/t39-,40-,42-,43-,45?,48?/m0/s1. The summed E-state index contributed by atoms with van der Waals surface area (Å²) in [5.74, 6) is 0.290. The highest BCUT2D eigenvalue weighted by Crippen LogP contribution is 2.50. The van der Waals surface area contributed by atoms with Crippen LogP contribution in [0.2, 0.25) is 0 Å². The number of likely N-dealkylation sites (N-methyl/N-ethyl adjacent to an activating group) is 1. The Kier molecular flexibility index (Phi) is 13.5. The van der Waals surface area contributed by atoms with E-state index in [-0.39, 0.29) is 48.6 Å². The number of imidazole rings is 1. The van der Waals surface area contributed by atoms with Crippen LogP contribution in [0.3, 0.4) is 0 Å². The maximum Gasteiger partial charge on any atom is 0.409 e. The predicted octanol–water partition coefficient (Wildman–Crippen LogP) is 8.67. The number of hydrogen-bond acceptors (Lipinski definition) is 12. The van der Waals surface area contributed by atoms with Crippen LogP contribution < -0.4 is 30.7 Å². The smallest absolute Gasteiger partial charge is 0.409 e. The lowest BCUT2D eigenvalue weighted by molar-refractivity contribution is -0.131. The lowest BCUT2D eigenvalue weighted by atomic mass is 10.0. The van der Waals surface area contributed by atoms with Crippen molar-refractivity contribution in [2.45, 2.75) is 147 Å². The van der Waals surface area contributed by atoms with Crippen LogP contribution in [0.4, 0.5) is 36.7 Å². The number of amides is 3. The van der Waals surface area contributed by atoms with Crippen molar-refractivity contribution in [3.63, 3.8) is 0 Å². The van der Waals surface area contributed by atoms with Crippen LogP contribution in [0.15, 0.2) is 54.6 Å². The molecule has 4 aromatic rings. The van der Waals surface area contributed by atoms with Crippen molar-refractivity contribution in [1.29, 1.82) is 0 Å². The number of ether oxygens (including phenoxy) is 2. The number of likely N-dealkylation sites (tertiary alicyclic amines) is 2. The Hall–Kier alpha value is -6.10. The van der Waals surface area contributed by atoms with Gasteiger partial charge in [-0.15, -0.1) is 0 Å². The van der Waals surface area contributed by atoms with Gasteiger partial charge in [0.05, 0.1) is 52.3 Å². The molecule has 1 aromatic heterocycles. The van der Waals surface area contributed by atoms with E-state index in [0.29, 0.717) is 24.6 Å². The first-order valence-corrected chi connectivity index (χ1v) is 24.9. The second-order valence-corrected chi connectivity index (χ2v) is 21.4. The summed E-state index contributed by atoms with van der Waals surface area (Å²) in [6.45, 7) is 13.5. The average Bonchev–Trinajstić information content (AvgIpc) is 4.16. The number of rotatable bonds is 11. The summed E-state index contributed by atoms with van der Waals surface area (Å²) in [6, 6.07) is 18.1. The molecule has 16 nitrogen and oxygen atoms in total. The van der Waals surface area contributed by atoms with E-state index in [1.165, 1.54) is 0 Å². The minimum Gasteiger partial charge on any atom is -0.444 e. The zero-order chi connectivity index (χ0) is 48.8. The lowest BCUT2D eigenvalue weighted by Crippen LogP contribution is -2.58. The molecule has 0 spiro atoms. The molecule has 4 N–H and O–H groups in total. The molecule has 0 radical (unpaired) electrons. The first-order chi connectivity index (χ1) is 32.9. The molecule has 6 atom stereocenters. The Bertz CT molecular complexity index is 2550. The number of nitrogens with one attached hydrogen (secondary N) is 4. The summed E-state index contributed by atoms with van der Waals surface area (Å²) in [7, 11) is 2.07. The molecule has 0 aliphatic carbocycles. The Morgan fingerprint density at radius 2 is 1.49 bits per heavy atom. The van der Waals surface area contributed by atoms with Crippen molar-refractivity contribution in [2.75, 3.05) is 59.8 Å². The molecular formula is C52H69FN10O6. The fourth-order valence-electron chi connectivity index (χ4n) is 11.3. The number of H-pyrrole nitrogens is 1. The van der Waals surface area contributed by atoms with E-state index >= 15 is 4.39 Å². The average molecular weight is 949 g/mol. The summed E-state index contributed by atoms with van der Waals surface area (Å²) >= 11 is 0. The van der Waals surface area contributed by atoms with E-state index in [1.54, 1.807) is 52.5 Å². The monoisotopic (exact) mass is 949 g/mol. The number of carbonyl (C=O) groups excluding carboxylic acids is 4. The second kappa shape index (κ2) is 19.4. The van der Waals surface area contributed by atoms with Crippen LogP contribution in [0.1, 0.15) is 134 Å². The molecule has 5 aliphatic heterocycles. The van der Waals surface area contributed by atoms with E-state index in [9.17, 15) is 19.2 Å². The van der Waals surface area contributed by atoms with E-state index in [2.05, 4.69) is 84.0 Å². The minimum atomic E-state index is -0.832. The number of aromatic amines is 1. The van der Waals surface area contributed by atoms with Gasteiger partial charge < -0.3 is 44.7 Å². The molecule has 69 heavy (non-hydrogen) atoms. The molecule has 4 fully saturated rings. The molecule has 9 rings (SSSR count). The summed E-state index contributed by atoms with van der Waals surface area (Å²) in [4.78, 5) is 70.1. The van der Waals surface area contributed by atoms with Crippen molar-refractivity contribution < 1.29 is 33.0 Å². The Labute approximate surface area is 404 Å². The molecule has 3 aromatic carbocycles. The molecule has 3 amide bonds. The van der Waals surface area contributed by atoms with Crippen LogP contribution in [0, 0.1) is 5.82 Å². The number of anilines is 4. The van der Waals surface area contributed by atoms with E-state index in [1.807, 2.05) is 12.1 Å². The van der Waals surface area contributed by atoms with Crippen LogP contribution in [0.5, 0.6) is 0 Å². The highest BCUT2D eigenvalue weighted by molar-refractivity contribution is 5.83. The minimum absolute atomic E-state index is 0.0685. The zero-order valence-electron chi connectivity index (χ0n) is 41.1. The Morgan fingerprint density at radius 1 is 0.797 bits per heavy atom. The van der Waals surface area contributed by atoms with Gasteiger partial charge in [0.2, 0.25) is 5.91 Å². The molecule has 6 heterocycles. The number of aldehydes is 1. The summed E-state index contributed by atoms with van der Waals surface area (Å²) < 4.78 is 27.3. The maximum atomic E-state index is 16.4. The van der Waals surface area contributed by atoms with Gasteiger partial charge in [0, 0.05) is 38.9 Å². The molecular weight excluding hydrogens is 880 g/mol. The number of halogens is 1. The van der Waals surface area contributed by atoms with E-state index < -0.39 is 29.6 Å². The van der Waals surface area contributed by atoms with Crippen molar-refractivity contribution in [3.8, 4) is 0 Å². The second-order valence-electron chi connectivity index (χ2n) is 21.4. The van der Waals surface area contributed by atoms with Crippen molar-refractivity contribution >= 4 is 58.2 Å². The van der Waals surface area contributed by atoms with E-state index in [4.69, 9.17) is 14.5 Å². The number of fused-ring (bicyclic) bond motifs is 2. The number of piperidine rings is 1. The number of alkyl carbamates (subject to hydrolysis) is 2. The highest BCUT2D eigenvalue weighted by Gasteiger charge is 2.43. The van der Waals surface area contributed by atoms with Gasteiger partial charge in [-0.2, -0.15) is 0 Å². The predicted molar refractivity (Wildman–Crippen MR) is 265 cm³/mol. The SMILES string of the molecule is CN1c2cc([C@@H]3CC[C@@H](c4ccc5nc([C@@H]6CCCN6C(=O)CNC(=O)OC(C)(C)C)[nH]c5c4)N3c3ccc(N4CCCCC4)c(F)c3)ccc2NC1[C@@H]1CCCN1C(C=O)NC(=O)OC(C)(C)C. The number of nitrogens with zero attached hydrogens (tertiary/aromatic N) is 6. The summed E-state index contributed by atoms with van der Waals surface area (Å²) in [5.41, 5.74) is 5.96. The largest absolute Gasteiger partial charge is 0.444 e. The molecule has 2 unspecified atom stereocenters. The topological polar surface area (TPSA) is 168 Å². The molecule has 17 heteroatoms. The van der Waals surface area contributed by atoms with Gasteiger partial charge in [0.1, 0.15) is 41.7 Å². The number of benzene rings is 3. The van der Waals surface area contributed by atoms with Crippen LogP contribution in [-0.2, 0) is 19.1 Å². The summed E-state index contributed by atoms with van der Waals surface area (Å²) in [5, 5.41) is 9.13. The third kappa shape index (κ3) is 10.3. The maximum absolute atomic E-state index is 16.4. The Morgan fingerprint density at radius 3 is 2.20 bits per heavy atom. The Balaban J connectivity index is 0.977. The van der Waals surface area contributed by atoms with Crippen molar-refractivity contribution in [2.24, 2.45) is 0 Å². The molecule has 4 saturated heterocycles. The molecule has 0 saturated carbocycles. The molecule has 0 bridgehead atoms. The quantitative estimate of drug-likeness (QED) is 0.106. The van der Waals surface area contributed by atoms with Crippen LogP contribution >= 0.6 is 0 Å². The fourth-order valence-corrected chi connectivity index (χ4v) is 11.3. The number of carbonyl (C=O) groups is 4. The zero-order valence-corrected chi connectivity index (χ0v) is 41.1. The number of aromatic nitrogens is 2. The fraction of sp³-hybridized carbons (Fsp3) is 0.558. The van der Waals surface area contributed by atoms with Gasteiger partial charge >= 0.3 is 12.2 Å². The number of hydrogen-bond donors (Lipinski definition) is 4. The van der Waals surface area contributed by atoms with Gasteiger partial charge in [-0.1, -0.05) is 12.1 Å². The molecule has 5 aliphatic rings. The van der Waals surface area contributed by atoms with Crippen LogP contribution in [0.25, 0.3) is 11.0 Å². The lowest BCUT2D eigenvalue weighted by Gasteiger charge is -2.37. The first-order valence-electron chi connectivity index (χ1n) is 24.9. The van der Waals surface area contributed by atoms with Gasteiger partial charge in [0.25, 0.3) is 0 Å². The van der Waals surface area contributed by atoms with Gasteiger partial charge in [-0.05, 0) is 153 Å². The van der Waals surface area contributed by atoms with Crippen LogP contribution in [-0.4, -0.2) is 113 Å². The third-order valence-electron chi connectivity index (χ3n) is 14.3. The third-order valence-corrected chi connectivity index (χ3v) is 14.3. The normalized spacial score (nSPS) is 23.5. The summed E-state index contributed by atoms with van der Waals surface area (Å²) in [6.07, 6.45) is 6.74. The van der Waals surface area contributed by atoms with Gasteiger partial charge in [0.15, 0.2) is 6.29 Å². The van der Waals surface area contributed by atoms with Crippen molar-refractivity contribution in [1.82, 2.24) is 30.4 Å². The van der Waals surface area contributed by atoms with E-state index in [0.717, 1.165) is 116 Å². The van der Waals surface area contributed by atoms with Gasteiger partial charge in [-0.3, -0.25) is 19.8 Å². The van der Waals surface area contributed by atoms with Gasteiger partial charge in [-0.25, -0.2) is 19.0 Å². The highest BCUT2D eigenvalue weighted by atomic mass is 19.1. The first kappa shape index (κ1) is 47.9. The molecule has 370 valence electrons. The van der Waals surface area contributed by atoms with Crippen molar-refractivity contribution in [3.05, 3.63) is 77.4 Å².